The minimum atomic E-state index is -0.777. The number of benzene rings is 2. The molecule has 0 aliphatic rings. The minimum Gasteiger partial charge on any atom is -0.384 e. The molecule has 9 nitrogen and oxygen atoms in total. The molecule has 0 radical (unpaired) electrons. The van der Waals surface area contributed by atoms with Gasteiger partial charge in [-0.1, -0.05) is 41.6 Å². The molecule has 0 atom stereocenters. The fraction of sp³-hybridized carbons (Fsp3) is 0.174. The average Bonchev–Trinajstić information content (AvgIpc) is 2.82. The van der Waals surface area contributed by atoms with Crippen LogP contribution in [0.5, 0.6) is 0 Å². The molecule has 174 valence electrons. The molecule has 0 amide bonds. The summed E-state index contributed by atoms with van der Waals surface area (Å²) in [5.74, 6) is -1.04. The molecule has 0 saturated carbocycles. The zero-order valence-corrected chi connectivity index (χ0v) is 20.1. The number of fused-ring (bicyclic) bond motifs is 1. The fourth-order valence-corrected chi connectivity index (χ4v) is 4.54. The standard InChI is InChI=1S/C23H20ClN5O4S/c1-12-8-9-13(10-15(12)24)29-20(31)14-6-4-5-7-16(14)26-22(29)34-11-17(30)18-19(25)27(2)23(33)28(3)21(18)32/h4-10H,11,25H2,1-3H3. The lowest BCUT2D eigenvalue weighted by molar-refractivity contribution is 0.102. The number of Topliss-reactive ketones (excluding diaryl/α,β-unsaturated/α-hetero) is 1. The van der Waals surface area contributed by atoms with E-state index < -0.39 is 17.0 Å². The molecule has 4 rings (SSSR count). The third-order valence-electron chi connectivity index (χ3n) is 5.48. The molecule has 0 spiro atoms. The number of nitrogens with two attached hydrogens (primary N) is 1. The summed E-state index contributed by atoms with van der Waals surface area (Å²) < 4.78 is 3.25. The van der Waals surface area contributed by atoms with Crippen molar-refractivity contribution < 1.29 is 4.79 Å². The van der Waals surface area contributed by atoms with Crippen molar-refractivity contribution in [2.75, 3.05) is 11.5 Å². The lowest BCUT2D eigenvalue weighted by Crippen LogP contribution is -2.41. The van der Waals surface area contributed by atoms with Crippen LogP contribution >= 0.6 is 23.4 Å². The van der Waals surface area contributed by atoms with E-state index in [9.17, 15) is 19.2 Å². The van der Waals surface area contributed by atoms with Crippen LogP contribution in [0.1, 0.15) is 15.9 Å². The molecule has 0 saturated heterocycles. The number of carbonyl (C=O) groups excluding carboxylic acids is 1. The van der Waals surface area contributed by atoms with Gasteiger partial charge >= 0.3 is 5.69 Å². The topological polar surface area (TPSA) is 122 Å². The number of carbonyl (C=O) groups is 1. The molecular formula is C23H20ClN5O4S. The van der Waals surface area contributed by atoms with Gasteiger partial charge in [0.05, 0.1) is 22.3 Å². The maximum atomic E-state index is 13.4. The summed E-state index contributed by atoms with van der Waals surface area (Å²) in [7, 11) is 2.66. The molecule has 0 aliphatic carbocycles. The third-order valence-corrected chi connectivity index (χ3v) is 6.83. The number of halogens is 1. The zero-order chi connectivity index (χ0) is 24.7. The summed E-state index contributed by atoms with van der Waals surface area (Å²) in [5, 5.41) is 1.13. The normalized spacial score (nSPS) is 11.2. The van der Waals surface area contributed by atoms with E-state index >= 15 is 0 Å². The predicted octanol–water partition coefficient (Wildman–Crippen LogP) is 2.30. The number of aryl methyl sites for hydroxylation is 1. The van der Waals surface area contributed by atoms with Crippen LogP contribution < -0.4 is 22.5 Å². The molecule has 0 fully saturated rings. The van der Waals surface area contributed by atoms with Gasteiger partial charge in [-0.3, -0.25) is 28.1 Å². The molecule has 2 heterocycles. The number of rotatable bonds is 5. The number of para-hydroxylation sites is 1. The van der Waals surface area contributed by atoms with Gasteiger partial charge in [-0.2, -0.15) is 0 Å². The van der Waals surface area contributed by atoms with Crippen LogP contribution in [-0.4, -0.2) is 30.2 Å². The maximum absolute atomic E-state index is 13.4. The second-order valence-electron chi connectivity index (χ2n) is 7.66. The van der Waals surface area contributed by atoms with E-state index in [4.69, 9.17) is 17.3 Å². The first-order chi connectivity index (χ1) is 16.1. The summed E-state index contributed by atoms with van der Waals surface area (Å²) in [6.45, 7) is 1.85. The van der Waals surface area contributed by atoms with Crippen molar-refractivity contribution in [3.63, 3.8) is 0 Å². The van der Waals surface area contributed by atoms with E-state index in [1.807, 2.05) is 6.92 Å². The summed E-state index contributed by atoms with van der Waals surface area (Å²) in [6.07, 6.45) is 0. The Kier molecular flexibility index (Phi) is 6.20. The molecule has 2 aromatic heterocycles. The molecule has 0 aliphatic heterocycles. The van der Waals surface area contributed by atoms with Gasteiger partial charge < -0.3 is 5.73 Å². The first kappa shape index (κ1) is 23.5. The predicted molar refractivity (Wildman–Crippen MR) is 133 cm³/mol. The first-order valence-corrected chi connectivity index (χ1v) is 11.5. The number of thioether (sulfide) groups is 1. The van der Waals surface area contributed by atoms with Crippen molar-refractivity contribution in [1.29, 1.82) is 0 Å². The highest BCUT2D eigenvalue weighted by molar-refractivity contribution is 7.99. The number of aromatic nitrogens is 4. The Morgan fingerprint density at radius 1 is 1.06 bits per heavy atom. The molecular weight excluding hydrogens is 478 g/mol. The highest BCUT2D eigenvalue weighted by Crippen LogP contribution is 2.25. The van der Waals surface area contributed by atoms with Crippen LogP contribution in [0.25, 0.3) is 16.6 Å². The van der Waals surface area contributed by atoms with Gasteiger partial charge in [0.25, 0.3) is 11.1 Å². The van der Waals surface area contributed by atoms with E-state index in [2.05, 4.69) is 4.98 Å². The van der Waals surface area contributed by atoms with Crippen molar-refractivity contribution in [1.82, 2.24) is 18.7 Å². The van der Waals surface area contributed by atoms with E-state index in [1.165, 1.54) is 18.7 Å². The number of ketones is 1. The average molecular weight is 498 g/mol. The summed E-state index contributed by atoms with van der Waals surface area (Å²) in [4.78, 5) is 55.6. The van der Waals surface area contributed by atoms with E-state index in [0.717, 1.165) is 26.5 Å². The summed E-state index contributed by atoms with van der Waals surface area (Å²) in [6, 6.07) is 12.1. The van der Waals surface area contributed by atoms with Gasteiger partial charge in [0.1, 0.15) is 11.4 Å². The van der Waals surface area contributed by atoms with Gasteiger partial charge in [0.15, 0.2) is 10.9 Å². The zero-order valence-electron chi connectivity index (χ0n) is 18.5. The number of nitrogen functional groups attached to an aromatic ring is 1. The first-order valence-electron chi connectivity index (χ1n) is 10.1. The molecule has 0 bridgehead atoms. The maximum Gasteiger partial charge on any atom is 0.332 e. The van der Waals surface area contributed by atoms with E-state index in [0.29, 0.717) is 21.6 Å². The van der Waals surface area contributed by atoms with Crippen LogP contribution in [0.15, 0.2) is 62.0 Å². The summed E-state index contributed by atoms with van der Waals surface area (Å²) >= 11 is 7.28. The smallest absolute Gasteiger partial charge is 0.332 e. The Labute approximate surface area is 202 Å². The Hall–Kier alpha value is -3.63. The number of anilines is 1. The van der Waals surface area contributed by atoms with Gasteiger partial charge in [0, 0.05) is 19.1 Å². The molecule has 11 heteroatoms. The highest BCUT2D eigenvalue weighted by Gasteiger charge is 2.22. The van der Waals surface area contributed by atoms with Crippen molar-refractivity contribution in [3.8, 4) is 5.69 Å². The number of hydrogen-bond donors (Lipinski definition) is 1. The van der Waals surface area contributed by atoms with Crippen molar-refractivity contribution in [2.24, 2.45) is 14.1 Å². The molecule has 4 aromatic rings. The quantitative estimate of drug-likeness (QED) is 0.255. The third kappa shape index (κ3) is 3.95. The molecule has 34 heavy (non-hydrogen) atoms. The Morgan fingerprint density at radius 2 is 1.76 bits per heavy atom. The monoisotopic (exact) mass is 497 g/mol. The lowest BCUT2D eigenvalue weighted by Gasteiger charge is -2.14. The van der Waals surface area contributed by atoms with E-state index in [1.54, 1.807) is 42.5 Å². The number of hydrogen-bond acceptors (Lipinski definition) is 7. The SMILES string of the molecule is Cc1ccc(-n2c(SCC(=O)c3c(N)n(C)c(=O)n(C)c3=O)nc3ccccc3c2=O)cc1Cl. The fourth-order valence-electron chi connectivity index (χ4n) is 3.48. The van der Waals surface area contributed by atoms with Crippen molar-refractivity contribution in [3.05, 3.63) is 89.8 Å². The van der Waals surface area contributed by atoms with Gasteiger partial charge in [0.2, 0.25) is 0 Å². The van der Waals surface area contributed by atoms with Crippen LogP contribution in [0, 0.1) is 6.92 Å². The number of nitrogens with zero attached hydrogens (tertiary/aromatic N) is 4. The molecule has 0 unspecified atom stereocenters. The molecule has 2 N–H and O–H groups in total. The highest BCUT2D eigenvalue weighted by atomic mass is 35.5. The van der Waals surface area contributed by atoms with Crippen molar-refractivity contribution >= 4 is 45.9 Å². The second-order valence-corrected chi connectivity index (χ2v) is 9.01. The van der Waals surface area contributed by atoms with Crippen LogP contribution in [0.3, 0.4) is 0 Å². The molecule has 2 aromatic carbocycles. The second kappa shape index (κ2) is 8.96. The minimum absolute atomic E-state index is 0.215. The van der Waals surface area contributed by atoms with Crippen LogP contribution in [0.4, 0.5) is 5.82 Å². The summed E-state index contributed by atoms with van der Waals surface area (Å²) in [5.41, 5.74) is 5.69. The Bertz CT molecular complexity index is 1650. The van der Waals surface area contributed by atoms with Gasteiger partial charge in [-0.05, 0) is 36.8 Å². The van der Waals surface area contributed by atoms with Gasteiger partial charge in [-0.25, -0.2) is 9.78 Å². The van der Waals surface area contributed by atoms with Crippen LogP contribution in [-0.2, 0) is 14.1 Å². The lowest BCUT2D eigenvalue weighted by atomic mass is 10.2. The van der Waals surface area contributed by atoms with Gasteiger partial charge in [-0.15, -0.1) is 0 Å². The van der Waals surface area contributed by atoms with E-state index in [-0.39, 0.29) is 27.8 Å². The Morgan fingerprint density at radius 3 is 2.47 bits per heavy atom. The van der Waals surface area contributed by atoms with Crippen molar-refractivity contribution in [2.45, 2.75) is 12.1 Å². The largest absolute Gasteiger partial charge is 0.384 e. The van der Waals surface area contributed by atoms with Crippen LogP contribution in [0.2, 0.25) is 5.02 Å². The Balaban J connectivity index is 1.82.